The van der Waals surface area contributed by atoms with Crippen LogP contribution in [0.5, 0.6) is 11.5 Å². The number of primary amides is 1. The Bertz CT molecular complexity index is 595. The second kappa shape index (κ2) is 11.4. The molecule has 126 valence electrons. The van der Waals surface area contributed by atoms with Crippen LogP contribution in [0.3, 0.4) is 0 Å². The van der Waals surface area contributed by atoms with Crippen LogP contribution in [0.2, 0.25) is 5.02 Å². The van der Waals surface area contributed by atoms with Crippen LogP contribution in [0.15, 0.2) is 36.4 Å². The zero-order chi connectivity index (χ0) is 17.8. The highest BCUT2D eigenvalue weighted by Crippen LogP contribution is 2.29. The number of nitrogens with two attached hydrogens (primary N) is 1. The van der Waals surface area contributed by atoms with Gasteiger partial charge >= 0.3 is 0 Å². The van der Waals surface area contributed by atoms with Gasteiger partial charge in [0.05, 0.1) is 5.02 Å². The summed E-state index contributed by atoms with van der Waals surface area (Å²) in [4.78, 5) is 8.58. The topological polar surface area (TPSA) is 72.6 Å². The monoisotopic (exact) mass is 337 g/mol. The smallest absolute Gasteiger partial charge is 0.204 e. The summed E-state index contributed by atoms with van der Waals surface area (Å²) in [7, 11) is 0. The molecule has 2 aromatic carbocycles. The number of phenolic OH excluding ortho intramolecular Hbond substituents is 1. The van der Waals surface area contributed by atoms with E-state index in [2.05, 4.69) is 31.7 Å². The van der Waals surface area contributed by atoms with Gasteiger partial charge in [0.2, 0.25) is 6.41 Å². The number of hydrogen-bond donors (Lipinski definition) is 2. The molecule has 2 rings (SSSR count). The molecule has 23 heavy (non-hydrogen) atoms. The molecule has 0 atom stereocenters. The molecule has 0 heterocycles. The molecule has 0 aliphatic carbocycles. The highest BCUT2D eigenvalue weighted by atomic mass is 35.5. The number of aryl methyl sites for hydroxylation is 2. The third kappa shape index (κ3) is 7.06. The van der Waals surface area contributed by atoms with Crippen LogP contribution in [0.25, 0.3) is 0 Å². The van der Waals surface area contributed by atoms with Gasteiger partial charge in [0, 0.05) is 6.07 Å². The van der Waals surface area contributed by atoms with E-state index in [1.807, 2.05) is 19.9 Å². The Morgan fingerprint density at radius 2 is 1.70 bits per heavy atom. The van der Waals surface area contributed by atoms with Crippen molar-refractivity contribution >= 4 is 18.0 Å². The number of carbonyl (C=O) groups excluding carboxylic acids is 1. The van der Waals surface area contributed by atoms with Gasteiger partial charge in [-0.05, 0) is 42.7 Å². The minimum atomic E-state index is 0.138. The van der Waals surface area contributed by atoms with E-state index in [0.717, 1.165) is 0 Å². The summed E-state index contributed by atoms with van der Waals surface area (Å²) in [5.74, 6) is 0.719. The molecular weight excluding hydrogens is 314 g/mol. The molecule has 5 heteroatoms. The Labute approximate surface area is 142 Å². The van der Waals surface area contributed by atoms with Gasteiger partial charge in [-0.2, -0.15) is 0 Å². The van der Waals surface area contributed by atoms with Gasteiger partial charge in [-0.3, -0.25) is 4.79 Å². The Balaban J connectivity index is 0.000000868. The van der Waals surface area contributed by atoms with E-state index in [0.29, 0.717) is 17.4 Å². The van der Waals surface area contributed by atoms with Crippen molar-refractivity contribution in [2.75, 3.05) is 0 Å². The predicted molar refractivity (Wildman–Crippen MR) is 95.0 cm³/mol. The van der Waals surface area contributed by atoms with Gasteiger partial charge in [0.15, 0.2) is 0 Å². The average molecular weight is 338 g/mol. The maximum absolute atomic E-state index is 9.27. The van der Waals surface area contributed by atoms with Crippen molar-refractivity contribution in [3.8, 4) is 11.5 Å². The van der Waals surface area contributed by atoms with Crippen molar-refractivity contribution < 1.29 is 14.6 Å². The lowest BCUT2D eigenvalue weighted by Gasteiger charge is -2.12. The highest BCUT2D eigenvalue weighted by Gasteiger charge is 2.06. The van der Waals surface area contributed by atoms with Crippen LogP contribution in [-0.2, 0) is 11.4 Å². The van der Waals surface area contributed by atoms with Crippen LogP contribution >= 0.6 is 11.6 Å². The Kier molecular flexibility index (Phi) is 10.3. The van der Waals surface area contributed by atoms with Crippen molar-refractivity contribution in [2.24, 2.45) is 5.73 Å². The van der Waals surface area contributed by atoms with Gasteiger partial charge < -0.3 is 15.6 Å². The van der Waals surface area contributed by atoms with E-state index in [1.54, 1.807) is 12.1 Å². The summed E-state index contributed by atoms with van der Waals surface area (Å²) >= 11 is 5.99. The number of phenols is 1. The van der Waals surface area contributed by atoms with E-state index in [9.17, 15) is 5.11 Å². The second-order valence-corrected chi connectivity index (χ2v) is 4.82. The van der Waals surface area contributed by atoms with Crippen LogP contribution in [0.4, 0.5) is 0 Å². The molecule has 0 unspecified atom stereocenters. The molecule has 0 aromatic heterocycles. The van der Waals surface area contributed by atoms with Gasteiger partial charge in [0.25, 0.3) is 0 Å². The second-order valence-electron chi connectivity index (χ2n) is 4.41. The first kappa shape index (κ1) is 20.8. The third-order valence-electron chi connectivity index (χ3n) is 2.93. The Morgan fingerprint density at radius 1 is 1.17 bits per heavy atom. The first-order valence-electron chi connectivity index (χ1n) is 7.31. The van der Waals surface area contributed by atoms with Gasteiger partial charge in [-0.1, -0.05) is 43.6 Å². The highest BCUT2D eigenvalue weighted by molar-refractivity contribution is 6.32. The minimum Gasteiger partial charge on any atom is -0.508 e. The van der Waals surface area contributed by atoms with Crippen molar-refractivity contribution in [1.29, 1.82) is 0 Å². The quantitative estimate of drug-likeness (QED) is 0.817. The van der Waals surface area contributed by atoms with Crippen molar-refractivity contribution in [1.82, 2.24) is 0 Å². The van der Waals surface area contributed by atoms with Gasteiger partial charge in [-0.25, -0.2) is 0 Å². The zero-order valence-corrected chi connectivity index (χ0v) is 14.7. The molecule has 0 aliphatic heterocycles. The summed E-state index contributed by atoms with van der Waals surface area (Å²) in [6.07, 6.45) is 0.250. The van der Waals surface area contributed by atoms with E-state index < -0.39 is 0 Å². The molecule has 0 spiro atoms. The SMILES string of the molecule is CC.Cc1cccc(C)c1COc1ccc(O)cc1Cl.NC=O. The number of aromatic hydroxyl groups is 1. The number of benzene rings is 2. The van der Waals surface area contributed by atoms with Gasteiger partial charge in [-0.15, -0.1) is 0 Å². The third-order valence-corrected chi connectivity index (χ3v) is 3.23. The molecule has 0 saturated heterocycles. The van der Waals surface area contributed by atoms with Crippen LogP contribution in [0, 0.1) is 13.8 Å². The standard InChI is InChI=1S/C15H15ClO2.C2H6.CH3NO/c1-10-4-3-5-11(2)13(10)9-18-15-7-6-12(17)8-14(15)16;1-2;2-1-3/h3-8,17H,9H2,1-2H3;1-2H3;1H,(H2,2,3). The molecule has 1 amide bonds. The van der Waals surface area contributed by atoms with Crippen LogP contribution < -0.4 is 10.5 Å². The van der Waals surface area contributed by atoms with Crippen molar-refractivity contribution in [3.05, 3.63) is 58.1 Å². The molecule has 0 saturated carbocycles. The number of halogens is 1. The summed E-state index contributed by atoms with van der Waals surface area (Å²) in [5.41, 5.74) is 7.73. The summed E-state index contributed by atoms with van der Waals surface area (Å²) in [5, 5.41) is 9.69. The molecule has 0 fully saturated rings. The molecule has 0 aliphatic rings. The minimum absolute atomic E-state index is 0.138. The maximum atomic E-state index is 9.27. The first-order chi connectivity index (χ1) is 11.0. The maximum Gasteiger partial charge on any atom is 0.204 e. The lowest BCUT2D eigenvalue weighted by atomic mass is 10.0. The lowest BCUT2D eigenvalue weighted by Crippen LogP contribution is -2.00. The molecule has 3 N–H and O–H groups in total. The average Bonchev–Trinajstić information content (AvgIpc) is 2.51. The van der Waals surface area contributed by atoms with Crippen LogP contribution in [-0.4, -0.2) is 11.5 Å². The summed E-state index contributed by atoms with van der Waals surface area (Å²) < 4.78 is 5.70. The molecule has 2 aromatic rings. The number of rotatable bonds is 3. The lowest BCUT2D eigenvalue weighted by molar-refractivity contribution is -0.106. The van der Waals surface area contributed by atoms with E-state index in [4.69, 9.17) is 21.1 Å². The fraction of sp³-hybridized carbons (Fsp3) is 0.278. The number of ether oxygens (including phenoxy) is 1. The first-order valence-corrected chi connectivity index (χ1v) is 7.69. The van der Waals surface area contributed by atoms with E-state index in [1.165, 1.54) is 22.8 Å². The van der Waals surface area contributed by atoms with E-state index >= 15 is 0 Å². The Hall–Kier alpha value is -2.20. The Morgan fingerprint density at radius 3 is 2.17 bits per heavy atom. The largest absolute Gasteiger partial charge is 0.508 e. The predicted octanol–water partition coefficient (Wildman–Crippen LogP) is 4.37. The summed E-state index contributed by atoms with van der Waals surface area (Å²) in [6, 6.07) is 10.9. The van der Waals surface area contributed by atoms with E-state index in [-0.39, 0.29) is 12.2 Å². The number of hydrogen-bond acceptors (Lipinski definition) is 3. The fourth-order valence-electron chi connectivity index (χ4n) is 1.83. The zero-order valence-electron chi connectivity index (χ0n) is 14.0. The fourth-order valence-corrected chi connectivity index (χ4v) is 2.06. The normalized spacial score (nSPS) is 8.91. The number of amides is 1. The van der Waals surface area contributed by atoms with Crippen molar-refractivity contribution in [3.63, 3.8) is 0 Å². The number of carbonyl (C=O) groups is 1. The van der Waals surface area contributed by atoms with Crippen molar-refractivity contribution in [2.45, 2.75) is 34.3 Å². The molecule has 0 radical (unpaired) electrons. The van der Waals surface area contributed by atoms with Crippen LogP contribution in [0.1, 0.15) is 30.5 Å². The van der Waals surface area contributed by atoms with Gasteiger partial charge in [0.1, 0.15) is 18.1 Å². The summed E-state index contributed by atoms with van der Waals surface area (Å²) in [6.45, 7) is 8.59. The molecule has 4 nitrogen and oxygen atoms in total. The molecular formula is C18H24ClNO3. The molecule has 0 bridgehead atoms.